The van der Waals surface area contributed by atoms with Crippen LogP contribution in [0, 0.1) is 0 Å². The van der Waals surface area contributed by atoms with Gasteiger partial charge in [0.15, 0.2) is 0 Å². The summed E-state index contributed by atoms with van der Waals surface area (Å²) in [5.41, 5.74) is 7.72. The third kappa shape index (κ3) is 1.51. The lowest BCUT2D eigenvalue weighted by atomic mass is 10.1. The van der Waals surface area contributed by atoms with Crippen LogP contribution in [0.25, 0.3) is 10.9 Å². The van der Waals surface area contributed by atoms with Crippen LogP contribution in [0.5, 0.6) is 5.88 Å². The molecule has 0 radical (unpaired) electrons. The Balaban J connectivity index is 2.73. The molecule has 4 nitrogen and oxygen atoms in total. The molecule has 16 heavy (non-hydrogen) atoms. The maximum Gasteiger partial charge on any atom is 0.231 e. The smallest absolute Gasteiger partial charge is 0.231 e. The second-order valence-electron chi connectivity index (χ2n) is 3.52. The van der Waals surface area contributed by atoms with Gasteiger partial charge in [0.1, 0.15) is 7.11 Å². The van der Waals surface area contributed by atoms with Crippen molar-refractivity contribution in [1.29, 1.82) is 0 Å². The van der Waals surface area contributed by atoms with Gasteiger partial charge in [0.05, 0.1) is 12.6 Å². The zero-order valence-electron chi connectivity index (χ0n) is 9.56. The first kappa shape index (κ1) is 10.8. The molecule has 2 N–H and O–H groups in total. The highest BCUT2D eigenvalue weighted by Gasteiger charge is 2.17. The lowest BCUT2D eigenvalue weighted by Crippen LogP contribution is -2.09. The second-order valence-corrected chi connectivity index (χ2v) is 3.52. The standard InChI is InChI=1S/C12H16N2O2/c1-15-12-10(7-8-13)9-5-3-4-6-11(9)14(12)16-2/h3-6H,7-8,13H2,1-2H3. The number of benzene rings is 1. The van der Waals surface area contributed by atoms with Crippen LogP contribution in [0.2, 0.25) is 0 Å². The number of nitrogens with two attached hydrogens (primary N) is 1. The van der Waals surface area contributed by atoms with E-state index in [9.17, 15) is 0 Å². The highest BCUT2D eigenvalue weighted by Crippen LogP contribution is 2.31. The number of hydrogen-bond donors (Lipinski definition) is 1. The van der Waals surface area contributed by atoms with Gasteiger partial charge >= 0.3 is 0 Å². The Hall–Kier alpha value is -1.68. The van der Waals surface area contributed by atoms with Crippen molar-refractivity contribution in [3.05, 3.63) is 29.8 Å². The number of para-hydroxylation sites is 1. The van der Waals surface area contributed by atoms with Crippen molar-refractivity contribution >= 4 is 10.9 Å². The molecule has 0 saturated heterocycles. The summed E-state index contributed by atoms with van der Waals surface area (Å²) in [4.78, 5) is 5.33. The zero-order chi connectivity index (χ0) is 11.5. The van der Waals surface area contributed by atoms with Crippen molar-refractivity contribution in [3.63, 3.8) is 0 Å². The molecule has 0 unspecified atom stereocenters. The molecule has 0 saturated carbocycles. The van der Waals surface area contributed by atoms with Gasteiger partial charge < -0.3 is 15.3 Å². The maximum atomic E-state index is 5.62. The predicted molar refractivity (Wildman–Crippen MR) is 63.8 cm³/mol. The Bertz CT molecular complexity index is 491. The molecule has 2 rings (SSSR count). The molecule has 4 heteroatoms. The third-order valence-corrected chi connectivity index (χ3v) is 2.66. The lowest BCUT2D eigenvalue weighted by molar-refractivity contribution is 0.149. The van der Waals surface area contributed by atoms with Crippen LogP contribution in [-0.2, 0) is 6.42 Å². The molecule has 0 atom stereocenters. The SMILES string of the molecule is COc1c(CCN)c2ccccc2n1OC. The molecule has 0 fully saturated rings. The van der Waals surface area contributed by atoms with E-state index in [1.807, 2.05) is 18.2 Å². The zero-order valence-corrected chi connectivity index (χ0v) is 9.56. The molecule has 0 aliphatic carbocycles. The second kappa shape index (κ2) is 4.45. The van der Waals surface area contributed by atoms with Crippen molar-refractivity contribution < 1.29 is 9.57 Å². The largest absolute Gasteiger partial charge is 0.480 e. The van der Waals surface area contributed by atoms with Crippen LogP contribution in [0.15, 0.2) is 24.3 Å². The summed E-state index contributed by atoms with van der Waals surface area (Å²) in [7, 11) is 3.27. The summed E-state index contributed by atoms with van der Waals surface area (Å²) in [6, 6.07) is 8.03. The minimum absolute atomic E-state index is 0.591. The van der Waals surface area contributed by atoms with Crippen molar-refractivity contribution in [1.82, 2.24) is 4.73 Å². The first-order valence-electron chi connectivity index (χ1n) is 5.24. The van der Waals surface area contributed by atoms with E-state index in [1.54, 1.807) is 19.0 Å². The predicted octanol–water partition coefficient (Wildman–Crippen LogP) is 1.21. The van der Waals surface area contributed by atoms with Crippen LogP contribution in [0.3, 0.4) is 0 Å². The molecule has 0 aliphatic rings. The summed E-state index contributed by atoms with van der Waals surface area (Å²) >= 11 is 0. The fourth-order valence-corrected chi connectivity index (χ4v) is 2.03. The van der Waals surface area contributed by atoms with Gasteiger partial charge in [0, 0.05) is 10.9 Å². The van der Waals surface area contributed by atoms with Gasteiger partial charge in [-0.05, 0) is 19.0 Å². The van der Waals surface area contributed by atoms with Gasteiger partial charge in [0.2, 0.25) is 5.88 Å². The van der Waals surface area contributed by atoms with Crippen molar-refractivity contribution in [3.8, 4) is 5.88 Å². The minimum Gasteiger partial charge on any atom is -0.480 e. The molecule has 2 aromatic rings. The molecule has 86 valence electrons. The Labute approximate surface area is 94.5 Å². The topological polar surface area (TPSA) is 49.4 Å². The Morgan fingerprint density at radius 3 is 2.62 bits per heavy atom. The van der Waals surface area contributed by atoms with E-state index >= 15 is 0 Å². The summed E-state index contributed by atoms with van der Waals surface area (Å²) in [5.74, 6) is 0.731. The number of ether oxygens (including phenoxy) is 1. The average molecular weight is 220 g/mol. The first-order chi connectivity index (χ1) is 7.83. The van der Waals surface area contributed by atoms with E-state index in [2.05, 4.69) is 6.07 Å². The molecule has 1 aromatic carbocycles. The van der Waals surface area contributed by atoms with Crippen LogP contribution >= 0.6 is 0 Å². The van der Waals surface area contributed by atoms with E-state index in [4.69, 9.17) is 15.3 Å². The molecule has 1 aromatic heterocycles. The highest BCUT2D eigenvalue weighted by molar-refractivity contribution is 5.86. The highest BCUT2D eigenvalue weighted by atomic mass is 16.7. The van der Waals surface area contributed by atoms with E-state index in [1.165, 1.54) is 0 Å². The Morgan fingerprint density at radius 1 is 1.25 bits per heavy atom. The fourth-order valence-electron chi connectivity index (χ4n) is 2.03. The monoisotopic (exact) mass is 220 g/mol. The number of rotatable bonds is 4. The van der Waals surface area contributed by atoms with Crippen LogP contribution < -0.4 is 15.3 Å². The maximum absolute atomic E-state index is 5.62. The number of hydrogen-bond acceptors (Lipinski definition) is 3. The summed E-state index contributed by atoms with van der Waals surface area (Å²) in [6.07, 6.45) is 0.778. The normalized spacial score (nSPS) is 10.7. The summed E-state index contributed by atoms with van der Waals surface area (Å²) in [5, 5.41) is 1.13. The molecule has 1 heterocycles. The van der Waals surface area contributed by atoms with Crippen LogP contribution in [-0.4, -0.2) is 25.5 Å². The summed E-state index contributed by atoms with van der Waals surface area (Å²) < 4.78 is 7.08. The first-order valence-corrected chi connectivity index (χ1v) is 5.24. The fraction of sp³-hybridized carbons (Fsp3) is 0.333. The Kier molecular flexibility index (Phi) is 3.01. The molecular formula is C12H16N2O2. The number of methoxy groups -OCH3 is 1. The van der Waals surface area contributed by atoms with E-state index in [-0.39, 0.29) is 0 Å². The number of nitrogens with zero attached hydrogens (tertiary/aromatic N) is 1. The van der Waals surface area contributed by atoms with Gasteiger partial charge in [-0.15, -0.1) is 4.73 Å². The van der Waals surface area contributed by atoms with Crippen molar-refractivity contribution in [2.45, 2.75) is 6.42 Å². The molecule has 0 spiro atoms. The molecular weight excluding hydrogens is 204 g/mol. The third-order valence-electron chi connectivity index (χ3n) is 2.66. The average Bonchev–Trinajstić information content (AvgIpc) is 2.63. The van der Waals surface area contributed by atoms with Crippen molar-refractivity contribution in [2.24, 2.45) is 5.73 Å². The molecule has 0 amide bonds. The lowest BCUT2D eigenvalue weighted by Gasteiger charge is -2.07. The minimum atomic E-state index is 0.591. The van der Waals surface area contributed by atoms with E-state index < -0.39 is 0 Å². The van der Waals surface area contributed by atoms with Gasteiger partial charge in [-0.1, -0.05) is 18.2 Å². The van der Waals surface area contributed by atoms with Gasteiger partial charge in [0.25, 0.3) is 0 Å². The van der Waals surface area contributed by atoms with E-state index in [0.29, 0.717) is 6.54 Å². The Morgan fingerprint density at radius 2 is 2.00 bits per heavy atom. The van der Waals surface area contributed by atoms with Crippen LogP contribution in [0.4, 0.5) is 0 Å². The molecule has 0 aliphatic heterocycles. The number of aromatic nitrogens is 1. The number of fused-ring (bicyclic) bond motifs is 1. The quantitative estimate of drug-likeness (QED) is 0.842. The van der Waals surface area contributed by atoms with E-state index in [0.717, 1.165) is 28.8 Å². The molecule has 0 bridgehead atoms. The van der Waals surface area contributed by atoms with Gasteiger partial charge in [-0.3, -0.25) is 0 Å². The van der Waals surface area contributed by atoms with Crippen LogP contribution in [0.1, 0.15) is 5.56 Å². The van der Waals surface area contributed by atoms with Crippen molar-refractivity contribution in [2.75, 3.05) is 20.8 Å². The summed E-state index contributed by atoms with van der Waals surface area (Å²) in [6.45, 7) is 0.591. The van der Waals surface area contributed by atoms with Gasteiger partial charge in [-0.2, -0.15) is 0 Å². The van der Waals surface area contributed by atoms with Gasteiger partial charge in [-0.25, -0.2) is 0 Å².